The highest BCUT2D eigenvalue weighted by molar-refractivity contribution is 7.16. The third kappa shape index (κ3) is 2.08. The average molecular weight is 198 g/mol. The Morgan fingerprint density at radius 2 is 2.00 bits per heavy atom. The first kappa shape index (κ1) is 10.2. The van der Waals surface area contributed by atoms with Gasteiger partial charge in [-0.1, -0.05) is 0 Å². The Morgan fingerprint density at radius 3 is 2.38 bits per heavy atom. The van der Waals surface area contributed by atoms with Crippen molar-refractivity contribution in [3.05, 3.63) is 16.0 Å². The molecular formula is C9H14N2OS. The molecule has 0 aliphatic carbocycles. The molecule has 1 heterocycles. The van der Waals surface area contributed by atoms with E-state index < -0.39 is 0 Å². The molecule has 4 heteroatoms. The fraction of sp³-hybridized carbons (Fsp3) is 0.444. The summed E-state index contributed by atoms with van der Waals surface area (Å²) in [6.07, 6.45) is 0. The van der Waals surface area contributed by atoms with Gasteiger partial charge in [0.15, 0.2) is 0 Å². The smallest absolute Gasteiger partial charge is 0.238 e. The molecule has 0 radical (unpaired) electrons. The lowest BCUT2D eigenvalue weighted by atomic mass is 10.2. The van der Waals surface area contributed by atoms with Crippen molar-refractivity contribution in [1.29, 1.82) is 0 Å². The second-order valence-corrected chi connectivity index (χ2v) is 4.21. The average Bonchev–Trinajstić information content (AvgIpc) is 2.34. The summed E-state index contributed by atoms with van der Waals surface area (Å²) < 4.78 is 0. The molecule has 3 nitrogen and oxygen atoms in total. The van der Waals surface area contributed by atoms with Gasteiger partial charge in [-0.2, -0.15) is 0 Å². The standard InChI is InChI=1S/C9H14N2OS/c1-5-6(2)9(13-7(5)3)11-8(12)4-10/h4,10H2,1-3H3,(H,11,12). The van der Waals surface area contributed by atoms with Gasteiger partial charge in [-0.05, 0) is 31.9 Å². The quantitative estimate of drug-likeness (QED) is 0.758. The van der Waals surface area contributed by atoms with Gasteiger partial charge in [-0.25, -0.2) is 0 Å². The Balaban J connectivity index is 2.90. The zero-order chi connectivity index (χ0) is 10.0. The molecule has 1 aromatic rings. The third-order valence-electron chi connectivity index (χ3n) is 2.12. The molecule has 72 valence electrons. The number of nitrogens with two attached hydrogens (primary N) is 1. The summed E-state index contributed by atoms with van der Waals surface area (Å²) in [4.78, 5) is 12.3. The molecule has 0 fully saturated rings. The first-order valence-corrected chi connectivity index (χ1v) is 4.94. The van der Waals surface area contributed by atoms with E-state index in [2.05, 4.69) is 12.2 Å². The van der Waals surface area contributed by atoms with E-state index in [4.69, 9.17) is 5.73 Å². The molecule has 13 heavy (non-hydrogen) atoms. The van der Waals surface area contributed by atoms with E-state index in [1.807, 2.05) is 13.8 Å². The van der Waals surface area contributed by atoms with Gasteiger partial charge in [0, 0.05) is 4.88 Å². The summed E-state index contributed by atoms with van der Waals surface area (Å²) in [7, 11) is 0. The molecule has 0 saturated carbocycles. The van der Waals surface area contributed by atoms with Crippen LogP contribution in [0.3, 0.4) is 0 Å². The number of aryl methyl sites for hydroxylation is 1. The zero-order valence-corrected chi connectivity index (χ0v) is 8.92. The van der Waals surface area contributed by atoms with Crippen molar-refractivity contribution in [2.45, 2.75) is 20.8 Å². The molecule has 0 bridgehead atoms. The van der Waals surface area contributed by atoms with Gasteiger partial charge < -0.3 is 11.1 Å². The summed E-state index contributed by atoms with van der Waals surface area (Å²) in [6, 6.07) is 0. The summed E-state index contributed by atoms with van der Waals surface area (Å²) >= 11 is 1.60. The van der Waals surface area contributed by atoms with Crippen molar-refractivity contribution < 1.29 is 4.79 Å². The lowest BCUT2D eigenvalue weighted by molar-refractivity contribution is -0.114. The predicted octanol–water partition coefficient (Wildman–Crippen LogP) is 1.57. The van der Waals surface area contributed by atoms with Crippen molar-refractivity contribution in [1.82, 2.24) is 0 Å². The fourth-order valence-electron chi connectivity index (χ4n) is 1.04. The van der Waals surface area contributed by atoms with Crippen LogP contribution in [0.15, 0.2) is 0 Å². The van der Waals surface area contributed by atoms with E-state index in [0.29, 0.717) is 0 Å². The second kappa shape index (κ2) is 3.89. The molecule has 0 unspecified atom stereocenters. The number of thiophene rings is 1. The van der Waals surface area contributed by atoms with Gasteiger partial charge in [0.2, 0.25) is 5.91 Å². The van der Waals surface area contributed by atoms with Gasteiger partial charge in [0.1, 0.15) is 0 Å². The normalized spacial score (nSPS) is 10.2. The SMILES string of the molecule is Cc1sc(NC(=O)CN)c(C)c1C. The molecule has 0 aromatic carbocycles. The van der Waals surface area contributed by atoms with Gasteiger partial charge in [-0.15, -0.1) is 11.3 Å². The minimum Gasteiger partial charge on any atom is -0.322 e. The van der Waals surface area contributed by atoms with E-state index in [0.717, 1.165) is 10.6 Å². The Bertz CT molecular complexity index is 331. The Kier molecular flexibility index (Phi) is 3.06. The van der Waals surface area contributed by atoms with Crippen LogP contribution < -0.4 is 11.1 Å². The van der Waals surface area contributed by atoms with Crippen LogP contribution in [0.1, 0.15) is 16.0 Å². The van der Waals surface area contributed by atoms with Crippen LogP contribution in [0.2, 0.25) is 0 Å². The number of rotatable bonds is 2. The zero-order valence-electron chi connectivity index (χ0n) is 8.10. The lowest BCUT2D eigenvalue weighted by Gasteiger charge is -2.00. The minimum atomic E-state index is -0.135. The first-order chi connectivity index (χ1) is 6.06. The van der Waals surface area contributed by atoms with Crippen molar-refractivity contribution >= 4 is 22.2 Å². The molecule has 1 amide bonds. The number of nitrogens with one attached hydrogen (secondary N) is 1. The van der Waals surface area contributed by atoms with Crippen LogP contribution in [-0.2, 0) is 4.79 Å². The highest BCUT2D eigenvalue weighted by atomic mass is 32.1. The third-order valence-corrected chi connectivity index (χ3v) is 3.35. The molecule has 0 aliphatic rings. The van der Waals surface area contributed by atoms with E-state index in [-0.39, 0.29) is 12.5 Å². The predicted molar refractivity (Wildman–Crippen MR) is 56.2 cm³/mol. The highest BCUT2D eigenvalue weighted by Gasteiger charge is 2.09. The molecular weight excluding hydrogens is 184 g/mol. The molecule has 1 aromatic heterocycles. The molecule has 0 aliphatic heterocycles. The number of hydrogen-bond donors (Lipinski definition) is 2. The Hall–Kier alpha value is -0.870. The highest BCUT2D eigenvalue weighted by Crippen LogP contribution is 2.31. The topological polar surface area (TPSA) is 55.1 Å². The number of carbonyl (C=O) groups is 1. The monoisotopic (exact) mass is 198 g/mol. The summed E-state index contributed by atoms with van der Waals surface area (Å²) in [6.45, 7) is 6.14. The van der Waals surface area contributed by atoms with Crippen molar-refractivity contribution in [3.63, 3.8) is 0 Å². The van der Waals surface area contributed by atoms with E-state index in [1.54, 1.807) is 11.3 Å². The van der Waals surface area contributed by atoms with E-state index in [9.17, 15) is 4.79 Å². The molecule has 0 atom stereocenters. The molecule has 3 N–H and O–H groups in total. The molecule has 1 rings (SSSR count). The van der Waals surface area contributed by atoms with Gasteiger partial charge in [0.05, 0.1) is 11.5 Å². The van der Waals surface area contributed by atoms with Crippen LogP contribution in [0, 0.1) is 20.8 Å². The number of carbonyl (C=O) groups excluding carboxylic acids is 1. The molecule has 0 spiro atoms. The molecule has 0 saturated heterocycles. The largest absolute Gasteiger partial charge is 0.322 e. The number of amides is 1. The van der Waals surface area contributed by atoms with Crippen molar-refractivity contribution in [2.75, 3.05) is 11.9 Å². The maximum absolute atomic E-state index is 11.0. The fourth-order valence-corrected chi connectivity index (χ4v) is 2.12. The summed E-state index contributed by atoms with van der Waals surface area (Å²) in [5, 5.41) is 3.70. The number of anilines is 1. The second-order valence-electron chi connectivity index (χ2n) is 2.99. The first-order valence-electron chi connectivity index (χ1n) is 4.12. The van der Waals surface area contributed by atoms with Gasteiger partial charge in [-0.3, -0.25) is 4.79 Å². The van der Waals surface area contributed by atoms with Crippen molar-refractivity contribution in [3.8, 4) is 0 Å². The lowest BCUT2D eigenvalue weighted by Crippen LogP contribution is -2.21. The number of hydrogen-bond acceptors (Lipinski definition) is 3. The van der Waals surface area contributed by atoms with Crippen LogP contribution in [0.5, 0.6) is 0 Å². The van der Waals surface area contributed by atoms with Crippen molar-refractivity contribution in [2.24, 2.45) is 5.73 Å². The maximum Gasteiger partial charge on any atom is 0.238 e. The van der Waals surface area contributed by atoms with Crippen LogP contribution >= 0.6 is 11.3 Å². The van der Waals surface area contributed by atoms with E-state index >= 15 is 0 Å². The minimum absolute atomic E-state index is 0.0371. The summed E-state index contributed by atoms with van der Waals surface area (Å²) in [5.74, 6) is -0.135. The van der Waals surface area contributed by atoms with Gasteiger partial charge >= 0.3 is 0 Å². The van der Waals surface area contributed by atoms with Crippen LogP contribution in [0.25, 0.3) is 0 Å². The van der Waals surface area contributed by atoms with Crippen LogP contribution in [0.4, 0.5) is 5.00 Å². The Labute approximate surface area is 81.9 Å². The summed E-state index contributed by atoms with van der Waals surface area (Å²) in [5.41, 5.74) is 7.60. The van der Waals surface area contributed by atoms with Crippen LogP contribution in [-0.4, -0.2) is 12.5 Å². The maximum atomic E-state index is 11.0. The van der Waals surface area contributed by atoms with Gasteiger partial charge in [0.25, 0.3) is 0 Å². The van der Waals surface area contributed by atoms with E-state index in [1.165, 1.54) is 10.4 Å². The Morgan fingerprint density at radius 1 is 1.38 bits per heavy atom.